The van der Waals surface area contributed by atoms with Crippen molar-refractivity contribution in [3.8, 4) is 0 Å². The van der Waals surface area contributed by atoms with E-state index in [1.807, 2.05) is 12.1 Å². The van der Waals surface area contributed by atoms with Gasteiger partial charge in [0, 0.05) is 5.54 Å². The minimum atomic E-state index is 0.0882. The summed E-state index contributed by atoms with van der Waals surface area (Å²) in [5.41, 5.74) is 9.72. The van der Waals surface area contributed by atoms with Crippen molar-refractivity contribution in [1.29, 1.82) is 0 Å². The van der Waals surface area contributed by atoms with Gasteiger partial charge in [0.15, 0.2) is 0 Å². The fraction of sp³-hybridized carbons (Fsp3) is 0.533. The first-order valence-electron chi connectivity index (χ1n) is 6.83. The third kappa shape index (κ3) is 1.69. The molecular formula is C15H23N3. The second kappa shape index (κ2) is 4.63. The van der Waals surface area contributed by atoms with Gasteiger partial charge in [-0.2, -0.15) is 0 Å². The molecule has 1 aromatic carbocycles. The molecule has 0 saturated heterocycles. The van der Waals surface area contributed by atoms with Gasteiger partial charge in [0.2, 0.25) is 5.95 Å². The lowest BCUT2D eigenvalue weighted by Crippen LogP contribution is -2.32. The molecule has 0 bridgehead atoms. The van der Waals surface area contributed by atoms with Crippen molar-refractivity contribution in [2.24, 2.45) is 0 Å². The Morgan fingerprint density at radius 1 is 1.17 bits per heavy atom. The Labute approximate surface area is 109 Å². The highest BCUT2D eigenvalue weighted by Crippen LogP contribution is 2.36. The normalized spacial score (nSPS) is 12.2. The zero-order valence-electron chi connectivity index (χ0n) is 11.8. The van der Waals surface area contributed by atoms with Crippen LogP contribution in [0.5, 0.6) is 0 Å². The van der Waals surface area contributed by atoms with Crippen molar-refractivity contribution in [3.63, 3.8) is 0 Å². The summed E-state index contributed by atoms with van der Waals surface area (Å²) in [6.45, 7) is 8.83. The minimum absolute atomic E-state index is 0.0882. The SMILES string of the molecule is CCC(CC)(CC)n1c(N)nc2cccc(C)c21. The number of hydrogen-bond donors (Lipinski definition) is 1. The summed E-state index contributed by atoms with van der Waals surface area (Å²) in [4.78, 5) is 4.52. The number of nitrogens with two attached hydrogens (primary N) is 1. The van der Waals surface area contributed by atoms with Crippen molar-refractivity contribution in [1.82, 2.24) is 9.55 Å². The van der Waals surface area contributed by atoms with Crippen LogP contribution in [0.1, 0.15) is 45.6 Å². The Morgan fingerprint density at radius 2 is 1.78 bits per heavy atom. The number of anilines is 1. The first-order chi connectivity index (χ1) is 8.59. The number of aromatic nitrogens is 2. The molecular weight excluding hydrogens is 222 g/mol. The molecule has 0 unspecified atom stereocenters. The Kier molecular flexibility index (Phi) is 3.33. The molecule has 0 fully saturated rings. The highest BCUT2D eigenvalue weighted by atomic mass is 15.2. The maximum atomic E-state index is 6.19. The number of para-hydroxylation sites is 1. The van der Waals surface area contributed by atoms with E-state index in [1.54, 1.807) is 0 Å². The summed E-state index contributed by atoms with van der Waals surface area (Å²) in [6.07, 6.45) is 3.22. The number of benzene rings is 1. The van der Waals surface area contributed by atoms with E-state index in [9.17, 15) is 0 Å². The maximum absolute atomic E-state index is 6.19. The molecule has 3 heteroatoms. The first-order valence-corrected chi connectivity index (χ1v) is 6.83. The molecule has 0 aliphatic rings. The standard InChI is InChI=1S/C15H23N3/c1-5-15(6-2,7-3)18-13-11(4)9-8-10-12(13)17-14(18)16/h8-10H,5-7H2,1-4H3,(H2,16,17). The molecule has 0 aliphatic heterocycles. The zero-order chi connectivity index (χ0) is 13.3. The van der Waals surface area contributed by atoms with Gasteiger partial charge < -0.3 is 10.3 Å². The molecule has 2 aromatic rings. The van der Waals surface area contributed by atoms with Crippen LogP contribution in [-0.4, -0.2) is 9.55 Å². The van der Waals surface area contributed by atoms with Crippen LogP contribution in [0.3, 0.4) is 0 Å². The van der Waals surface area contributed by atoms with Crippen molar-refractivity contribution in [3.05, 3.63) is 23.8 Å². The highest BCUT2D eigenvalue weighted by Gasteiger charge is 2.30. The average Bonchev–Trinajstić information content (AvgIpc) is 2.71. The molecule has 0 spiro atoms. The average molecular weight is 245 g/mol. The molecule has 98 valence electrons. The molecule has 18 heavy (non-hydrogen) atoms. The number of aryl methyl sites for hydroxylation is 1. The molecule has 1 aromatic heterocycles. The van der Waals surface area contributed by atoms with Gasteiger partial charge in [0.25, 0.3) is 0 Å². The Morgan fingerprint density at radius 3 is 2.33 bits per heavy atom. The largest absolute Gasteiger partial charge is 0.369 e. The topological polar surface area (TPSA) is 43.8 Å². The molecule has 0 radical (unpaired) electrons. The summed E-state index contributed by atoms with van der Waals surface area (Å²) >= 11 is 0. The lowest BCUT2D eigenvalue weighted by Gasteiger charge is -2.34. The van der Waals surface area contributed by atoms with E-state index in [2.05, 4.69) is 43.3 Å². The molecule has 0 amide bonds. The zero-order valence-corrected chi connectivity index (χ0v) is 11.8. The number of nitrogens with zero attached hydrogens (tertiary/aromatic N) is 2. The maximum Gasteiger partial charge on any atom is 0.201 e. The number of rotatable bonds is 4. The van der Waals surface area contributed by atoms with E-state index >= 15 is 0 Å². The van der Waals surface area contributed by atoms with Crippen LogP contribution in [0.4, 0.5) is 5.95 Å². The summed E-state index contributed by atoms with van der Waals surface area (Å²) < 4.78 is 2.26. The molecule has 2 rings (SSSR count). The van der Waals surface area contributed by atoms with Crippen LogP contribution in [0.25, 0.3) is 11.0 Å². The van der Waals surface area contributed by atoms with Gasteiger partial charge in [-0.05, 0) is 37.8 Å². The van der Waals surface area contributed by atoms with E-state index in [0.29, 0.717) is 5.95 Å². The predicted molar refractivity (Wildman–Crippen MR) is 77.7 cm³/mol. The van der Waals surface area contributed by atoms with Crippen LogP contribution in [0, 0.1) is 6.92 Å². The number of hydrogen-bond acceptors (Lipinski definition) is 2. The van der Waals surface area contributed by atoms with Gasteiger partial charge in [0.1, 0.15) is 0 Å². The number of imidazole rings is 1. The third-order valence-electron chi connectivity index (χ3n) is 4.35. The van der Waals surface area contributed by atoms with Crippen LogP contribution in [0.2, 0.25) is 0 Å². The van der Waals surface area contributed by atoms with Crippen molar-refractivity contribution >= 4 is 17.0 Å². The monoisotopic (exact) mass is 245 g/mol. The van der Waals surface area contributed by atoms with Gasteiger partial charge in [0.05, 0.1) is 11.0 Å². The van der Waals surface area contributed by atoms with Gasteiger partial charge in [-0.3, -0.25) is 0 Å². The van der Waals surface area contributed by atoms with Crippen LogP contribution in [0.15, 0.2) is 18.2 Å². The van der Waals surface area contributed by atoms with Crippen molar-refractivity contribution < 1.29 is 0 Å². The second-order valence-corrected chi connectivity index (χ2v) is 5.03. The summed E-state index contributed by atoms with van der Waals surface area (Å²) in [6, 6.07) is 6.21. The second-order valence-electron chi connectivity index (χ2n) is 5.03. The lowest BCUT2D eigenvalue weighted by atomic mass is 9.89. The van der Waals surface area contributed by atoms with E-state index in [1.165, 1.54) is 11.1 Å². The smallest absolute Gasteiger partial charge is 0.201 e. The van der Waals surface area contributed by atoms with E-state index in [4.69, 9.17) is 5.73 Å². The summed E-state index contributed by atoms with van der Waals surface area (Å²) in [5, 5.41) is 0. The fourth-order valence-corrected chi connectivity index (χ4v) is 3.02. The van der Waals surface area contributed by atoms with Crippen molar-refractivity contribution in [2.45, 2.75) is 52.5 Å². The van der Waals surface area contributed by atoms with E-state index < -0.39 is 0 Å². The van der Waals surface area contributed by atoms with Gasteiger partial charge in [-0.1, -0.05) is 32.9 Å². The molecule has 2 N–H and O–H groups in total. The Balaban J connectivity index is 2.81. The first kappa shape index (κ1) is 12.9. The molecule has 1 heterocycles. The molecule has 0 atom stereocenters. The summed E-state index contributed by atoms with van der Waals surface area (Å²) in [7, 11) is 0. The van der Waals surface area contributed by atoms with Gasteiger partial charge in [-0.15, -0.1) is 0 Å². The number of fused-ring (bicyclic) bond motifs is 1. The van der Waals surface area contributed by atoms with Crippen LogP contribution < -0.4 is 5.73 Å². The van der Waals surface area contributed by atoms with Crippen LogP contribution >= 0.6 is 0 Å². The Bertz CT molecular complexity index is 542. The van der Waals surface area contributed by atoms with Crippen LogP contribution in [-0.2, 0) is 5.54 Å². The van der Waals surface area contributed by atoms with E-state index in [0.717, 1.165) is 24.8 Å². The molecule has 0 aliphatic carbocycles. The Hall–Kier alpha value is -1.51. The van der Waals surface area contributed by atoms with Gasteiger partial charge >= 0.3 is 0 Å². The number of nitrogen functional groups attached to an aromatic ring is 1. The quantitative estimate of drug-likeness (QED) is 0.889. The lowest BCUT2D eigenvalue weighted by molar-refractivity contribution is 0.262. The van der Waals surface area contributed by atoms with E-state index in [-0.39, 0.29) is 5.54 Å². The molecule has 0 saturated carbocycles. The predicted octanol–water partition coefficient (Wildman–Crippen LogP) is 3.85. The highest BCUT2D eigenvalue weighted by molar-refractivity contribution is 5.82. The summed E-state index contributed by atoms with van der Waals surface area (Å²) in [5.74, 6) is 0.643. The third-order valence-corrected chi connectivity index (χ3v) is 4.35. The molecule has 3 nitrogen and oxygen atoms in total. The fourth-order valence-electron chi connectivity index (χ4n) is 3.02. The van der Waals surface area contributed by atoms with Crippen molar-refractivity contribution in [2.75, 3.05) is 5.73 Å². The van der Waals surface area contributed by atoms with Gasteiger partial charge in [-0.25, -0.2) is 4.98 Å². The minimum Gasteiger partial charge on any atom is -0.369 e.